The third kappa shape index (κ3) is 3.11. The van der Waals surface area contributed by atoms with E-state index in [1.54, 1.807) is 7.11 Å². The number of terminal acetylenes is 1. The van der Waals surface area contributed by atoms with Crippen LogP contribution in [0.4, 0.5) is 0 Å². The minimum Gasteiger partial charge on any atom is -0.494 e. The predicted molar refractivity (Wildman–Crippen MR) is 109 cm³/mol. The maximum atomic E-state index is 9.59. The van der Waals surface area contributed by atoms with Crippen molar-refractivity contribution in [3.8, 4) is 29.5 Å². The topological polar surface area (TPSA) is 47.3 Å². The predicted octanol–water partition coefficient (Wildman–Crippen LogP) is 4.57. The number of ether oxygens (including phenoxy) is 1. The summed E-state index contributed by atoms with van der Waals surface area (Å²) in [6.07, 6.45) is 5.71. The van der Waals surface area contributed by atoms with Gasteiger partial charge in [0.2, 0.25) is 0 Å². The lowest BCUT2D eigenvalue weighted by Crippen LogP contribution is -2.05. The molecule has 1 aromatic heterocycles. The van der Waals surface area contributed by atoms with Crippen LogP contribution in [0.3, 0.4) is 0 Å². The van der Waals surface area contributed by atoms with Gasteiger partial charge < -0.3 is 14.4 Å². The van der Waals surface area contributed by atoms with Crippen LogP contribution in [0.5, 0.6) is 5.75 Å². The van der Waals surface area contributed by atoms with Crippen molar-refractivity contribution in [3.05, 3.63) is 45.9 Å². The Bertz CT molecular complexity index is 982. The number of aromatic nitrogens is 2. The van der Waals surface area contributed by atoms with E-state index in [4.69, 9.17) is 16.1 Å². The number of hydrogen-bond acceptors (Lipinski definition) is 3. The van der Waals surface area contributed by atoms with Crippen LogP contribution in [0.25, 0.3) is 22.4 Å². The molecule has 3 rings (SSSR count). The van der Waals surface area contributed by atoms with Gasteiger partial charge in [-0.1, -0.05) is 44.0 Å². The standard InChI is InChI=1S/C21H21BrN2O2/c1-5-16-17(22)12-18(26-4)20-19(16)23-21(24(20)10-11-25)15-8-6-14(7-9-15)13(2)3/h1,6-9,12-13,25H,10-11H2,2-4H3. The van der Waals surface area contributed by atoms with E-state index in [-0.39, 0.29) is 6.61 Å². The van der Waals surface area contributed by atoms with E-state index in [1.165, 1.54) is 5.56 Å². The van der Waals surface area contributed by atoms with E-state index in [2.05, 4.69) is 60.0 Å². The molecule has 0 aliphatic heterocycles. The van der Waals surface area contributed by atoms with Gasteiger partial charge >= 0.3 is 0 Å². The maximum absolute atomic E-state index is 9.59. The van der Waals surface area contributed by atoms with Crippen molar-refractivity contribution >= 4 is 27.0 Å². The Morgan fingerprint density at radius 2 is 2.00 bits per heavy atom. The van der Waals surface area contributed by atoms with Crippen molar-refractivity contribution in [3.63, 3.8) is 0 Å². The number of aliphatic hydroxyl groups excluding tert-OH is 1. The molecule has 3 aromatic rings. The highest BCUT2D eigenvalue weighted by Crippen LogP contribution is 2.37. The second-order valence-electron chi connectivity index (χ2n) is 6.36. The molecular formula is C21H21BrN2O2. The summed E-state index contributed by atoms with van der Waals surface area (Å²) in [6.45, 7) is 4.72. The Labute approximate surface area is 162 Å². The molecule has 134 valence electrons. The number of nitrogens with zero attached hydrogens (tertiary/aromatic N) is 2. The van der Waals surface area contributed by atoms with Crippen molar-refractivity contribution < 1.29 is 9.84 Å². The molecule has 5 heteroatoms. The molecule has 0 saturated heterocycles. The van der Waals surface area contributed by atoms with Crippen LogP contribution in [0.1, 0.15) is 30.9 Å². The van der Waals surface area contributed by atoms with Crippen molar-refractivity contribution in [1.82, 2.24) is 9.55 Å². The first-order valence-electron chi connectivity index (χ1n) is 8.46. The average Bonchev–Trinajstić information content (AvgIpc) is 3.00. The molecule has 2 aromatic carbocycles. The van der Waals surface area contributed by atoms with E-state index < -0.39 is 0 Å². The molecule has 1 N–H and O–H groups in total. The number of methoxy groups -OCH3 is 1. The first kappa shape index (κ1) is 18.5. The molecule has 26 heavy (non-hydrogen) atoms. The van der Waals surface area contributed by atoms with Crippen LogP contribution < -0.4 is 4.74 Å². The van der Waals surface area contributed by atoms with Crippen molar-refractivity contribution in [1.29, 1.82) is 0 Å². The Morgan fingerprint density at radius 3 is 2.54 bits per heavy atom. The number of rotatable bonds is 5. The minimum atomic E-state index is -0.00680. The summed E-state index contributed by atoms with van der Waals surface area (Å²) in [4.78, 5) is 4.82. The Kier molecular flexibility index (Phi) is 5.36. The van der Waals surface area contributed by atoms with Crippen LogP contribution in [0.15, 0.2) is 34.8 Å². The van der Waals surface area contributed by atoms with E-state index in [0.717, 1.165) is 21.4 Å². The highest BCUT2D eigenvalue weighted by Gasteiger charge is 2.20. The van der Waals surface area contributed by atoms with Crippen LogP contribution in [-0.4, -0.2) is 28.4 Å². The van der Waals surface area contributed by atoms with Crippen LogP contribution in [-0.2, 0) is 6.54 Å². The normalized spacial score (nSPS) is 11.1. The number of imidazole rings is 1. The van der Waals surface area contributed by atoms with Gasteiger partial charge in [-0.25, -0.2) is 4.98 Å². The summed E-state index contributed by atoms with van der Waals surface area (Å²) in [5.74, 6) is 4.59. The first-order valence-corrected chi connectivity index (χ1v) is 9.25. The summed E-state index contributed by atoms with van der Waals surface area (Å²) >= 11 is 3.50. The second kappa shape index (κ2) is 7.53. The monoisotopic (exact) mass is 412 g/mol. The van der Waals surface area contributed by atoms with Gasteiger partial charge in [-0.2, -0.15) is 0 Å². The van der Waals surface area contributed by atoms with Crippen molar-refractivity contribution in [2.75, 3.05) is 13.7 Å². The lowest BCUT2D eigenvalue weighted by atomic mass is 10.0. The molecule has 1 heterocycles. The van der Waals surface area contributed by atoms with Gasteiger partial charge in [-0.3, -0.25) is 0 Å². The highest BCUT2D eigenvalue weighted by atomic mass is 79.9. The van der Waals surface area contributed by atoms with Gasteiger partial charge in [0.25, 0.3) is 0 Å². The average molecular weight is 413 g/mol. The lowest BCUT2D eigenvalue weighted by Gasteiger charge is -2.12. The third-order valence-electron chi connectivity index (χ3n) is 4.46. The smallest absolute Gasteiger partial charge is 0.146 e. The van der Waals surface area contributed by atoms with Gasteiger partial charge in [0.15, 0.2) is 0 Å². The highest BCUT2D eigenvalue weighted by molar-refractivity contribution is 9.10. The van der Waals surface area contributed by atoms with Crippen LogP contribution >= 0.6 is 15.9 Å². The number of halogens is 1. The van der Waals surface area contributed by atoms with Gasteiger partial charge in [-0.05, 0) is 33.5 Å². The molecule has 0 aliphatic rings. The fourth-order valence-corrected chi connectivity index (χ4v) is 3.60. The summed E-state index contributed by atoms with van der Waals surface area (Å²) < 4.78 is 8.28. The lowest BCUT2D eigenvalue weighted by molar-refractivity contribution is 0.278. The number of hydrogen-bond donors (Lipinski definition) is 1. The van der Waals surface area contributed by atoms with Crippen molar-refractivity contribution in [2.24, 2.45) is 0 Å². The third-order valence-corrected chi connectivity index (χ3v) is 5.08. The fourth-order valence-electron chi connectivity index (χ4n) is 3.09. The fraction of sp³-hybridized carbons (Fsp3) is 0.286. The molecule has 0 fully saturated rings. The quantitative estimate of drug-likeness (QED) is 0.624. The molecule has 0 amide bonds. The van der Waals surface area contributed by atoms with Crippen molar-refractivity contribution in [2.45, 2.75) is 26.3 Å². The maximum Gasteiger partial charge on any atom is 0.146 e. The zero-order valence-electron chi connectivity index (χ0n) is 15.1. The number of fused-ring (bicyclic) bond motifs is 1. The zero-order valence-corrected chi connectivity index (χ0v) is 16.7. The number of aliphatic hydroxyl groups is 1. The summed E-state index contributed by atoms with van der Waals surface area (Å²) in [7, 11) is 1.62. The largest absolute Gasteiger partial charge is 0.494 e. The summed E-state index contributed by atoms with van der Waals surface area (Å²) in [5.41, 5.74) is 4.40. The summed E-state index contributed by atoms with van der Waals surface area (Å²) in [6, 6.07) is 10.2. The van der Waals surface area contributed by atoms with E-state index in [9.17, 15) is 5.11 Å². The molecule has 0 saturated carbocycles. The molecular weight excluding hydrogens is 392 g/mol. The molecule has 0 aliphatic carbocycles. The van der Waals surface area contributed by atoms with E-state index in [0.29, 0.717) is 29.3 Å². The molecule has 0 spiro atoms. The van der Waals surface area contributed by atoms with Gasteiger partial charge in [0.05, 0.1) is 19.3 Å². The van der Waals surface area contributed by atoms with E-state index >= 15 is 0 Å². The Morgan fingerprint density at radius 1 is 1.31 bits per heavy atom. The molecule has 0 unspecified atom stereocenters. The molecule has 0 bridgehead atoms. The second-order valence-corrected chi connectivity index (χ2v) is 7.22. The van der Waals surface area contributed by atoms with Crippen LogP contribution in [0, 0.1) is 12.3 Å². The van der Waals surface area contributed by atoms with Gasteiger partial charge in [0, 0.05) is 16.6 Å². The summed E-state index contributed by atoms with van der Waals surface area (Å²) in [5, 5.41) is 9.59. The van der Waals surface area contributed by atoms with Gasteiger partial charge in [-0.15, -0.1) is 6.42 Å². The molecule has 4 nitrogen and oxygen atoms in total. The van der Waals surface area contributed by atoms with Crippen LogP contribution in [0.2, 0.25) is 0 Å². The Hall–Kier alpha value is -2.29. The molecule has 0 radical (unpaired) electrons. The van der Waals surface area contributed by atoms with E-state index in [1.807, 2.05) is 10.6 Å². The minimum absolute atomic E-state index is 0.00680. The zero-order chi connectivity index (χ0) is 18.8. The Balaban J connectivity index is 2.31. The SMILES string of the molecule is C#Cc1c(Br)cc(OC)c2c1nc(-c1ccc(C(C)C)cc1)n2CCO. The van der Waals surface area contributed by atoms with Gasteiger partial charge in [0.1, 0.15) is 22.6 Å². The first-order chi connectivity index (χ1) is 12.5. The molecule has 0 atom stereocenters. The number of benzene rings is 2.